The van der Waals surface area contributed by atoms with E-state index in [1.165, 1.54) is 0 Å². The first kappa shape index (κ1) is 28.0. The summed E-state index contributed by atoms with van der Waals surface area (Å²) < 4.78 is 32.2. The van der Waals surface area contributed by atoms with Crippen molar-refractivity contribution >= 4 is 83.4 Å². The van der Waals surface area contributed by atoms with E-state index < -0.39 is 27.7 Å². The Morgan fingerprint density at radius 2 is 1.69 bits per heavy atom. The third-order valence-electron chi connectivity index (χ3n) is 5.09. The van der Waals surface area contributed by atoms with Gasteiger partial charge in [0.1, 0.15) is 4.32 Å². The van der Waals surface area contributed by atoms with Crippen LogP contribution in [0.15, 0.2) is 51.8 Å². The molecule has 0 atom stereocenters. The number of carbonyl (C=O) groups excluding carboxylic acids is 2. The lowest BCUT2D eigenvalue weighted by atomic mass is 10.1. The van der Waals surface area contributed by atoms with Gasteiger partial charge in [-0.25, -0.2) is 0 Å². The number of benzene rings is 2. The van der Waals surface area contributed by atoms with Crippen molar-refractivity contribution in [1.82, 2.24) is 4.90 Å². The van der Waals surface area contributed by atoms with Gasteiger partial charge in [0.2, 0.25) is 0 Å². The monoisotopic (exact) mass is 612 g/mol. The van der Waals surface area contributed by atoms with Gasteiger partial charge in [0.05, 0.1) is 28.5 Å². The van der Waals surface area contributed by atoms with Crippen LogP contribution in [0.3, 0.4) is 0 Å². The lowest BCUT2D eigenvalue weighted by Crippen LogP contribution is -2.33. The summed E-state index contributed by atoms with van der Waals surface area (Å²) >= 11 is 9.64. The van der Waals surface area contributed by atoms with Crippen LogP contribution in [0.5, 0.6) is 0 Å². The molecule has 1 saturated heterocycles. The number of fused-ring (bicyclic) bond motifs is 1. The molecule has 13 heteroatoms. The molecule has 2 heterocycles. The number of thioether (sulfide) groups is 1. The van der Waals surface area contributed by atoms with Gasteiger partial charge in [-0.3, -0.25) is 23.8 Å². The first-order valence-electron chi connectivity index (χ1n) is 10.4. The van der Waals surface area contributed by atoms with Gasteiger partial charge in [-0.1, -0.05) is 69.7 Å². The predicted molar refractivity (Wildman–Crippen MR) is 145 cm³/mol. The molecule has 36 heavy (non-hydrogen) atoms. The smallest absolute Gasteiger partial charge is 0.300 e. The van der Waals surface area contributed by atoms with Crippen molar-refractivity contribution in [3.8, 4) is 0 Å². The highest BCUT2D eigenvalue weighted by molar-refractivity contribution is 9.10. The average molecular weight is 614 g/mol. The number of aryl methyl sites for hydroxylation is 1. The van der Waals surface area contributed by atoms with E-state index >= 15 is 0 Å². The molecule has 2 N–H and O–H groups in total. The highest BCUT2D eigenvalue weighted by Crippen LogP contribution is 2.45. The van der Waals surface area contributed by atoms with Gasteiger partial charge in [0.25, 0.3) is 27.9 Å². The zero-order chi connectivity index (χ0) is 26.8. The minimum atomic E-state index is -4.27. The lowest BCUT2D eigenvalue weighted by molar-refractivity contribution is -0.134. The fourth-order valence-corrected chi connectivity index (χ4v) is 5.66. The molecule has 0 aliphatic carbocycles. The number of carboxylic acids is 1. The number of amides is 2. The van der Waals surface area contributed by atoms with E-state index in [1.54, 1.807) is 11.0 Å². The number of hydrogen-bond acceptors (Lipinski definition) is 7. The fraction of sp³-hybridized carbons (Fsp3) is 0.217. The molecule has 190 valence electrons. The second kappa shape index (κ2) is 11.2. The van der Waals surface area contributed by atoms with Crippen molar-refractivity contribution in [1.29, 1.82) is 0 Å². The summed E-state index contributed by atoms with van der Waals surface area (Å²) in [6.07, 6.45) is 0. The molecule has 2 amide bonds. The molecule has 2 aromatic rings. The molecular formula is C23H21BrN2O7S3. The molecule has 1 fully saturated rings. The summed E-state index contributed by atoms with van der Waals surface area (Å²) in [6.45, 7) is 3.12. The first-order chi connectivity index (χ1) is 16.8. The number of nitrogens with zero attached hydrogens (tertiary/aromatic N) is 2. The number of rotatable bonds is 5. The van der Waals surface area contributed by atoms with Gasteiger partial charge < -0.3 is 10.0 Å². The highest BCUT2D eigenvalue weighted by atomic mass is 79.9. The molecule has 9 nitrogen and oxygen atoms in total. The fourth-order valence-electron chi connectivity index (χ4n) is 3.50. The summed E-state index contributed by atoms with van der Waals surface area (Å²) in [7, 11) is -4.27. The molecule has 2 aliphatic heterocycles. The Morgan fingerprint density at radius 3 is 2.28 bits per heavy atom. The van der Waals surface area contributed by atoms with Crippen LogP contribution in [0, 0.1) is 6.92 Å². The van der Waals surface area contributed by atoms with Crippen LogP contribution in [0.4, 0.5) is 5.69 Å². The number of thiocarbonyl (C=S) groups is 1. The quantitative estimate of drug-likeness (QED) is 0.293. The molecule has 0 unspecified atom stereocenters. The number of aliphatic carboxylic acids is 1. The van der Waals surface area contributed by atoms with Crippen molar-refractivity contribution in [2.45, 2.75) is 20.4 Å². The van der Waals surface area contributed by atoms with Crippen LogP contribution in [0.2, 0.25) is 0 Å². The van der Waals surface area contributed by atoms with Crippen LogP contribution in [-0.4, -0.2) is 57.4 Å². The molecule has 2 aliphatic rings. The maximum Gasteiger partial charge on any atom is 0.300 e. The molecule has 0 spiro atoms. The van der Waals surface area contributed by atoms with Crippen LogP contribution in [0.1, 0.15) is 23.6 Å². The Labute approximate surface area is 226 Å². The minimum absolute atomic E-state index is 0.141. The van der Waals surface area contributed by atoms with Crippen molar-refractivity contribution in [3.05, 3.63) is 68.5 Å². The number of anilines is 1. The number of hydrogen-bond donors (Lipinski definition) is 2. The highest BCUT2D eigenvalue weighted by Gasteiger charge is 2.42. The molecule has 0 radical (unpaired) electrons. The summed E-state index contributed by atoms with van der Waals surface area (Å²) in [5.41, 5.74) is 3.57. The van der Waals surface area contributed by atoms with E-state index in [0.717, 1.165) is 39.2 Å². The standard InChI is InChI=1S/C21H17BrN2O5S3.C2H4O2/c1-12-2-4-13(5-3-12)11-24-16-7-6-14(22)10-15(16)17(19(24)25)18-20(26)23(21(30)31-18)8-9-32(27,28)29;1-2(3)4/h2-7,10H,8-9,11H2,1H3,(H,27,28,29);1H3,(H,3,4)/b18-17-;. The average Bonchev–Trinajstić information content (AvgIpc) is 3.19. The minimum Gasteiger partial charge on any atom is -0.481 e. The lowest BCUT2D eigenvalue weighted by Gasteiger charge is -2.17. The van der Waals surface area contributed by atoms with Gasteiger partial charge in [-0.05, 0) is 30.7 Å². The van der Waals surface area contributed by atoms with E-state index in [9.17, 15) is 18.0 Å². The second-order valence-electron chi connectivity index (χ2n) is 7.87. The molecular weight excluding hydrogens is 592 g/mol. The van der Waals surface area contributed by atoms with Crippen molar-refractivity contribution in [3.63, 3.8) is 0 Å². The van der Waals surface area contributed by atoms with E-state index in [2.05, 4.69) is 15.9 Å². The predicted octanol–water partition coefficient (Wildman–Crippen LogP) is 3.85. The molecule has 4 rings (SSSR count). The summed E-state index contributed by atoms with van der Waals surface area (Å²) in [4.78, 5) is 38.4. The van der Waals surface area contributed by atoms with E-state index in [-0.39, 0.29) is 27.3 Å². The molecule has 0 saturated carbocycles. The Hall–Kier alpha value is -2.58. The van der Waals surface area contributed by atoms with Crippen LogP contribution in [-0.2, 0) is 31.0 Å². The third-order valence-corrected chi connectivity index (χ3v) is 7.73. The van der Waals surface area contributed by atoms with Crippen LogP contribution < -0.4 is 4.90 Å². The van der Waals surface area contributed by atoms with Gasteiger partial charge in [0.15, 0.2) is 0 Å². The van der Waals surface area contributed by atoms with Crippen LogP contribution >= 0.6 is 39.9 Å². The number of carbonyl (C=O) groups is 3. The molecule has 2 aromatic carbocycles. The van der Waals surface area contributed by atoms with Crippen molar-refractivity contribution < 1.29 is 32.5 Å². The SMILES string of the molecule is CC(=O)O.Cc1ccc(CN2C(=O)/C(=C3\SC(=S)N(CCS(=O)(=O)O)C3=O)c3cc(Br)ccc32)cc1. The number of halogens is 1. The second-order valence-corrected chi connectivity index (χ2v) is 12.0. The third kappa shape index (κ3) is 6.59. The summed E-state index contributed by atoms with van der Waals surface area (Å²) in [5, 5.41) is 7.42. The maximum atomic E-state index is 13.5. The van der Waals surface area contributed by atoms with Gasteiger partial charge in [-0.15, -0.1) is 0 Å². The Bertz CT molecular complexity index is 1380. The van der Waals surface area contributed by atoms with E-state index in [1.807, 2.05) is 43.3 Å². The van der Waals surface area contributed by atoms with Crippen molar-refractivity contribution in [2.24, 2.45) is 0 Å². The Kier molecular flexibility index (Phi) is 8.72. The van der Waals surface area contributed by atoms with Gasteiger partial charge in [-0.2, -0.15) is 8.42 Å². The van der Waals surface area contributed by atoms with E-state index in [4.69, 9.17) is 26.7 Å². The molecule has 0 aromatic heterocycles. The maximum absolute atomic E-state index is 13.5. The first-order valence-corrected chi connectivity index (χ1v) is 14.0. The van der Waals surface area contributed by atoms with Gasteiger partial charge in [0, 0.05) is 23.5 Å². The van der Waals surface area contributed by atoms with E-state index in [0.29, 0.717) is 17.8 Å². The Balaban J connectivity index is 0.000000840. The largest absolute Gasteiger partial charge is 0.481 e. The van der Waals surface area contributed by atoms with Crippen LogP contribution in [0.25, 0.3) is 5.57 Å². The zero-order valence-corrected chi connectivity index (χ0v) is 23.1. The Morgan fingerprint density at radius 1 is 1.08 bits per heavy atom. The summed E-state index contributed by atoms with van der Waals surface area (Å²) in [5.74, 6) is -2.35. The molecule has 0 bridgehead atoms. The topological polar surface area (TPSA) is 132 Å². The summed E-state index contributed by atoms with van der Waals surface area (Å²) in [6, 6.07) is 13.3. The van der Waals surface area contributed by atoms with Crippen molar-refractivity contribution in [2.75, 3.05) is 17.2 Å². The normalized spacial score (nSPS) is 17.3. The zero-order valence-electron chi connectivity index (χ0n) is 19.1. The van der Waals surface area contributed by atoms with Gasteiger partial charge >= 0.3 is 0 Å². The number of carboxylic acid groups (broad SMARTS) is 1.